The lowest BCUT2D eigenvalue weighted by molar-refractivity contribution is 0.0453. The van der Waals surface area contributed by atoms with Crippen LogP contribution in [0, 0.1) is 6.92 Å². The van der Waals surface area contributed by atoms with Crippen LogP contribution in [0.2, 0.25) is 0 Å². The molecule has 148 valence electrons. The molecule has 1 aromatic carbocycles. The maximum Gasteiger partial charge on any atom is 0.191 e. The van der Waals surface area contributed by atoms with Crippen LogP contribution in [0.25, 0.3) is 0 Å². The van der Waals surface area contributed by atoms with Gasteiger partial charge in [0, 0.05) is 44.2 Å². The predicted octanol–water partition coefficient (Wildman–Crippen LogP) is 2.91. The van der Waals surface area contributed by atoms with Gasteiger partial charge in [-0.25, -0.2) is 4.98 Å². The Bertz CT molecular complexity index is 703. The summed E-state index contributed by atoms with van der Waals surface area (Å²) in [6, 6.07) is 8.38. The first-order valence-corrected chi connectivity index (χ1v) is 10.1. The zero-order valence-electron chi connectivity index (χ0n) is 16.5. The van der Waals surface area contributed by atoms with Crippen molar-refractivity contribution in [2.75, 3.05) is 33.4 Å². The number of nitrogens with zero attached hydrogens (tertiary/aromatic N) is 2. The lowest BCUT2D eigenvalue weighted by Gasteiger charge is -2.12. The first-order valence-electron chi connectivity index (χ1n) is 9.30. The van der Waals surface area contributed by atoms with Crippen molar-refractivity contribution in [2.45, 2.75) is 33.4 Å². The van der Waals surface area contributed by atoms with E-state index in [9.17, 15) is 0 Å². The standard InChI is InChI=1S/C20H30N4O2S/c1-4-25-10-11-26-15-18-7-5-6-17(12-18)14-24-20(21-3)22-9-8-19-23-13-16(2)27-19/h5-7,12-13H,4,8-11,14-15H2,1-3H3,(H2,21,22,24). The summed E-state index contributed by atoms with van der Waals surface area (Å²) in [4.78, 5) is 9.90. The van der Waals surface area contributed by atoms with E-state index in [-0.39, 0.29) is 0 Å². The Balaban J connectivity index is 1.71. The highest BCUT2D eigenvalue weighted by Crippen LogP contribution is 2.11. The van der Waals surface area contributed by atoms with Crippen molar-refractivity contribution >= 4 is 17.3 Å². The molecule has 27 heavy (non-hydrogen) atoms. The third kappa shape index (κ3) is 8.51. The molecule has 0 fully saturated rings. The van der Waals surface area contributed by atoms with Crippen LogP contribution in [0.15, 0.2) is 35.5 Å². The number of benzene rings is 1. The van der Waals surface area contributed by atoms with Crippen LogP contribution >= 0.6 is 11.3 Å². The summed E-state index contributed by atoms with van der Waals surface area (Å²) < 4.78 is 10.9. The average Bonchev–Trinajstić information content (AvgIpc) is 3.10. The van der Waals surface area contributed by atoms with Crippen LogP contribution < -0.4 is 10.6 Å². The summed E-state index contributed by atoms with van der Waals surface area (Å²) in [6.45, 7) is 8.16. The molecular formula is C20H30N4O2S. The van der Waals surface area contributed by atoms with Gasteiger partial charge >= 0.3 is 0 Å². The van der Waals surface area contributed by atoms with Gasteiger partial charge in [-0.05, 0) is 25.0 Å². The second-order valence-electron chi connectivity index (χ2n) is 6.04. The topological polar surface area (TPSA) is 67.8 Å². The molecule has 0 aliphatic rings. The Morgan fingerprint density at radius 3 is 2.74 bits per heavy atom. The van der Waals surface area contributed by atoms with Gasteiger partial charge in [-0.2, -0.15) is 0 Å². The summed E-state index contributed by atoms with van der Waals surface area (Å²) in [5, 5.41) is 7.83. The van der Waals surface area contributed by atoms with Crippen molar-refractivity contribution in [2.24, 2.45) is 4.99 Å². The molecule has 0 amide bonds. The molecule has 0 bridgehead atoms. The zero-order chi connectivity index (χ0) is 19.3. The van der Waals surface area contributed by atoms with E-state index >= 15 is 0 Å². The van der Waals surface area contributed by atoms with Gasteiger partial charge in [0.1, 0.15) is 0 Å². The van der Waals surface area contributed by atoms with Crippen molar-refractivity contribution in [3.8, 4) is 0 Å². The van der Waals surface area contributed by atoms with E-state index in [0.717, 1.165) is 36.1 Å². The number of thiazole rings is 1. The Kier molecular flexibility index (Phi) is 9.83. The van der Waals surface area contributed by atoms with Crippen molar-refractivity contribution in [3.05, 3.63) is 51.5 Å². The number of aryl methyl sites for hydroxylation is 1. The lowest BCUT2D eigenvalue weighted by Crippen LogP contribution is -2.37. The Morgan fingerprint density at radius 1 is 1.19 bits per heavy atom. The molecule has 0 saturated carbocycles. The first-order chi connectivity index (χ1) is 13.2. The van der Waals surface area contributed by atoms with E-state index in [0.29, 0.717) is 26.4 Å². The molecule has 0 spiro atoms. The molecule has 0 atom stereocenters. The molecule has 2 aromatic rings. The van der Waals surface area contributed by atoms with Crippen molar-refractivity contribution in [1.29, 1.82) is 0 Å². The summed E-state index contributed by atoms with van der Waals surface area (Å²) >= 11 is 1.74. The highest BCUT2D eigenvalue weighted by atomic mass is 32.1. The van der Waals surface area contributed by atoms with E-state index in [1.807, 2.05) is 13.1 Å². The van der Waals surface area contributed by atoms with E-state index < -0.39 is 0 Å². The van der Waals surface area contributed by atoms with Gasteiger partial charge in [-0.15, -0.1) is 11.3 Å². The first kappa shape index (κ1) is 21.3. The van der Waals surface area contributed by atoms with Crippen LogP contribution in [0.5, 0.6) is 0 Å². The fourth-order valence-corrected chi connectivity index (χ4v) is 3.28. The number of hydrogen-bond acceptors (Lipinski definition) is 5. The van der Waals surface area contributed by atoms with Crippen LogP contribution in [-0.2, 0) is 29.0 Å². The normalized spacial score (nSPS) is 11.6. The van der Waals surface area contributed by atoms with Crippen LogP contribution in [0.1, 0.15) is 27.9 Å². The second kappa shape index (κ2) is 12.4. The van der Waals surface area contributed by atoms with E-state index in [2.05, 4.69) is 51.8 Å². The summed E-state index contributed by atoms with van der Waals surface area (Å²) in [5.74, 6) is 0.793. The third-order valence-corrected chi connectivity index (χ3v) is 4.79. The van der Waals surface area contributed by atoms with Gasteiger partial charge in [-0.3, -0.25) is 4.99 Å². The van der Waals surface area contributed by atoms with Crippen LogP contribution in [0.4, 0.5) is 0 Å². The maximum absolute atomic E-state index is 5.63. The minimum atomic E-state index is 0.598. The number of aromatic nitrogens is 1. The molecule has 6 nitrogen and oxygen atoms in total. The molecule has 0 radical (unpaired) electrons. The molecule has 7 heteroatoms. The quantitative estimate of drug-likeness (QED) is 0.351. The third-order valence-electron chi connectivity index (χ3n) is 3.82. The minimum Gasteiger partial charge on any atom is -0.379 e. The molecule has 0 saturated heterocycles. The average molecular weight is 391 g/mol. The lowest BCUT2D eigenvalue weighted by atomic mass is 10.1. The Hall–Kier alpha value is -1.96. The van der Waals surface area contributed by atoms with Gasteiger partial charge in [0.25, 0.3) is 0 Å². The van der Waals surface area contributed by atoms with Gasteiger partial charge in [0.2, 0.25) is 0 Å². The number of rotatable bonds is 11. The number of hydrogen-bond donors (Lipinski definition) is 2. The van der Waals surface area contributed by atoms with Gasteiger partial charge in [0.05, 0.1) is 24.8 Å². The molecule has 0 unspecified atom stereocenters. The molecule has 1 aromatic heterocycles. The summed E-state index contributed by atoms with van der Waals surface area (Å²) in [7, 11) is 1.78. The zero-order valence-corrected chi connectivity index (χ0v) is 17.3. The Morgan fingerprint density at radius 2 is 2.00 bits per heavy atom. The predicted molar refractivity (Wildman–Crippen MR) is 111 cm³/mol. The van der Waals surface area contributed by atoms with E-state index in [1.54, 1.807) is 18.4 Å². The number of nitrogens with one attached hydrogen (secondary N) is 2. The maximum atomic E-state index is 5.63. The second-order valence-corrected chi connectivity index (χ2v) is 7.36. The number of aliphatic imine (C=N–C) groups is 1. The van der Waals surface area contributed by atoms with Gasteiger partial charge in [-0.1, -0.05) is 24.3 Å². The molecule has 2 rings (SSSR count). The van der Waals surface area contributed by atoms with Crippen molar-refractivity contribution in [1.82, 2.24) is 15.6 Å². The smallest absolute Gasteiger partial charge is 0.191 e. The molecule has 0 aliphatic heterocycles. The molecule has 2 N–H and O–H groups in total. The largest absolute Gasteiger partial charge is 0.379 e. The summed E-state index contributed by atoms with van der Waals surface area (Å²) in [5.41, 5.74) is 2.35. The van der Waals surface area contributed by atoms with Crippen LogP contribution in [0.3, 0.4) is 0 Å². The molecular weight excluding hydrogens is 360 g/mol. The highest BCUT2D eigenvalue weighted by Gasteiger charge is 2.02. The fourth-order valence-electron chi connectivity index (χ4n) is 2.49. The van der Waals surface area contributed by atoms with Gasteiger partial charge < -0.3 is 20.1 Å². The van der Waals surface area contributed by atoms with E-state index in [4.69, 9.17) is 9.47 Å². The Labute approximate surface area is 166 Å². The van der Waals surface area contributed by atoms with Crippen LogP contribution in [-0.4, -0.2) is 44.4 Å². The number of guanidine groups is 1. The highest BCUT2D eigenvalue weighted by molar-refractivity contribution is 7.11. The SMILES string of the molecule is CCOCCOCc1cccc(CNC(=NC)NCCc2ncc(C)s2)c1. The monoisotopic (exact) mass is 390 g/mol. The molecule has 1 heterocycles. The fraction of sp³-hybridized carbons (Fsp3) is 0.500. The summed E-state index contributed by atoms with van der Waals surface area (Å²) in [6.07, 6.45) is 2.81. The molecule has 0 aliphatic carbocycles. The van der Waals surface area contributed by atoms with E-state index in [1.165, 1.54) is 10.4 Å². The number of ether oxygens (including phenoxy) is 2. The van der Waals surface area contributed by atoms with Crippen molar-refractivity contribution < 1.29 is 9.47 Å². The minimum absolute atomic E-state index is 0.598. The van der Waals surface area contributed by atoms with Crippen molar-refractivity contribution in [3.63, 3.8) is 0 Å². The van der Waals surface area contributed by atoms with Gasteiger partial charge in [0.15, 0.2) is 5.96 Å².